The van der Waals surface area contributed by atoms with E-state index in [0.717, 1.165) is 45.4 Å². The topological polar surface area (TPSA) is 40.6 Å². The molecule has 112 valence electrons. The fraction of sp³-hybridized carbons (Fsp3) is 0.529. The molecule has 1 aromatic carbocycles. The molecule has 21 heavy (non-hydrogen) atoms. The van der Waals surface area contributed by atoms with Crippen molar-refractivity contribution in [3.8, 4) is 0 Å². The summed E-state index contributed by atoms with van der Waals surface area (Å²) in [6.45, 7) is 4.60. The van der Waals surface area contributed by atoms with Crippen LogP contribution in [0.2, 0.25) is 0 Å². The van der Waals surface area contributed by atoms with Crippen LogP contribution in [0.1, 0.15) is 30.9 Å². The smallest absolute Gasteiger partial charge is 0.226 e. The molecule has 3 rings (SSSR count). The van der Waals surface area contributed by atoms with E-state index >= 15 is 0 Å². The average Bonchev–Trinajstić information content (AvgIpc) is 2.54. The Bertz CT molecular complexity index is 547. The summed E-state index contributed by atoms with van der Waals surface area (Å²) in [6, 6.07) is 8.38. The predicted molar refractivity (Wildman–Crippen MR) is 80.5 cm³/mol. The molecule has 0 radical (unpaired) electrons. The third-order valence-corrected chi connectivity index (χ3v) is 4.73. The summed E-state index contributed by atoms with van der Waals surface area (Å²) in [6.07, 6.45) is 2.56. The Kier molecular flexibility index (Phi) is 3.95. The van der Waals surface area contributed by atoms with Gasteiger partial charge in [-0.2, -0.15) is 0 Å². The Hall–Kier alpha value is -1.84. The molecule has 1 fully saturated rings. The van der Waals surface area contributed by atoms with Crippen LogP contribution in [0.5, 0.6) is 0 Å². The summed E-state index contributed by atoms with van der Waals surface area (Å²) >= 11 is 0. The van der Waals surface area contributed by atoms with Gasteiger partial charge in [0.1, 0.15) is 0 Å². The van der Waals surface area contributed by atoms with Crippen molar-refractivity contribution in [2.75, 3.05) is 19.6 Å². The number of hydrogen-bond acceptors (Lipinski definition) is 2. The third kappa shape index (κ3) is 2.94. The molecule has 0 spiro atoms. The molecule has 2 heterocycles. The molecule has 2 aliphatic heterocycles. The minimum absolute atomic E-state index is 0.0888. The molecule has 2 amide bonds. The zero-order chi connectivity index (χ0) is 14.8. The first-order valence-electron chi connectivity index (χ1n) is 7.76. The highest BCUT2D eigenvalue weighted by molar-refractivity contribution is 5.80. The number of fused-ring (bicyclic) bond motifs is 1. The van der Waals surface area contributed by atoms with Crippen LogP contribution in [0.3, 0.4) is 0 Å². The lowest BCUT2D eigenvalue weighted by atomic mass is 9.93. The van der Waals surface area contributed by atoms with E-state index in [1.807, 2.05) is 15.9 Å². The summed E-state index contributed by atoms with van der Waals surface area (Å²) in [5, 5.41) is 0. The minimum Gasteiger partial charge on any atom is -0.343 e. The Morgan fingerprint density at radius 3 is 2.33 bits per heavy atom. The Morgan fingerprint density at radius 2 is 1.67 bits per heavy atom. The molecule has 1 aromatic rings. The molecule has 1 saturated heterocycles. The van der Waals surface area contributed by atoms with Crippen LogP contribution in [-0.2, 0) is 22.6 Å². The van der Waals surface area contributed by atoms with E-state index in [4.69, 9.17) is 0 Å². The van der Waals surface area contributed by atoms with E-state index in [1.165, 1.54) is 11.1 Å². The maximum atomic E-state index is 12.7. The zero-order valence-electron chi connectivity index (χ0n) is 12.5. The summed E-state index contributed by atoms with van der Waals surface area (Å²) in [4.78, 5) is 27.8. The first-order valence-corrected chi connectivity index (χ1v) is 7.76. The van der Waals surface area contributed by atoms with Gasteiger partial charge in [-0.3, -0.25) is 9.59 Å². The Balaban J connectivity index is 1.61. The highest BCUT2D eigenvalue weighted by atomic mass is 16.2. The van der Waals surface area contributed by atoms with Crippen molar-refractivity contribution >= 4 is 11.8 Å². The van der Waals surface area contributed by atoms with Crippen LogP contribution in [0, 0.1) is 5.92 Å². The number of amides is 2. The van der Waals surface area contributed by atoms with Crippen molar-refractivity contribution in [2.24, 2.45) is 5.92 Å². The van der Waals surface area contributed by atoms with Gasteiger partial charge in [0.15, 0.2) is 0 Å². The van der Waals surface area contributed by atoms with E-state index < -0.39 is 0 Å². The summed E-state index contributed by atoms with van der Waals surface area (Å²) < 4.78 is 0. The van der Waals surface area contributed by atoms with Crippen molar-refractivity contribution in [2.45, 2.75) is 32.7 Å². The first-order chi connectivity index (χ1) is 10.1. The van der Waals surface area contributed by atoms with Crippen molar-refractivity contribution in [3.05, 3.63) is 35.4 Å². The van der Waals surface area contributed by atoms with E-state index in [9.17, 15) is 9.59 Å². The third-order valence-electron chi connectivity index (χ3n) is 4.73. The number of hydrogen-bond donors (Lipinski definition) is 0. The number of nitrogens with zero attached hydrogens (tertiary/aromatic N) is 2. The molecule has 0 aromatic heterocycles. The van der Waals surface area contributed by atoms with Gasteiger partial charge in [0.05, 0.1) is 0 Å². The lowest BCUT2D eigenvalue weighted by Gasteiger charge is -2.35. The van der Waals surface area contributed by atoms with E-state index in [2.05, 4.69) is 18.2 Å². The first kappa shape index (κ1) is 14.1. The second kappa shape index (κ2) is 5.88. The van der Waals surface area contributed by atoms with Crippen LogP contribution in [0.4, 0.5) is 0 Å². The van der Waals surface area contributed by atoms with E-state index in [1.54, 1.807) is 6.92 Å². The lowest BCUT2D eigenvalue weighted by Crippen LogP contribution is -2.45. The van der Waals surface area contributed by atoms with Gasteiger partial charge in [-0.05, 0) is 30.4 Å². The van der Waals surface area contributed by atoms with Gasteiger partial charge in [0.2, 0.25) is 11.8 Å². The second-order valence-corrected chi connectivity index (χ2v) is 6.06. The zero-order valence-corrected chi connectivity index (χ0v) is 12.5. The highest BCUT2D eigenvalue weighted by Gasteiger charge is 2.30. The Labute approximate surface area is 125 Å². The standard InChI is InChI=1S/C17H22N2O2/c1-13(20)18-9-7-15(8-10-18)17(21)19-11-6-14-4-2-3-5-16(14)12-19/h2-5,15H,6-12H2,1H3. The van der Waals surface area contributed by atoms with Crippen molar-refractivity contribution in [1.29, 1.82) is 0 Å². The largest absolute Gasteiger partial charge is 0.343 e. The maximum absolute atomic E-state index is 12.7. The van der Waals surface area contributed by atoms with Gasteiger partial charge in [-0.25, -0.2) is 0 Å². The van der Waals surface area contributed by atoms with Crippen molar-refractivity contribution in [1.82, 2.24) is 9.80 Å². The summed E-state index contributed by atoms with van der Waals surface area (Å²) in [5.41, 5.74) is 2.64. The summed E-state index contributed by atoms with van der Waals surface area (Å²) in [5.74, 6) is 0.478. The number of rotatable bonds is 1. The molecule has 0 atom stereocenters. The second-order valence-electron chi connectivity index (χ2n) is 6.06. The van der Waals surface area contributed by atoms with E-state index in [0.29, 0.717) is 0 Å². The normalized spacial score (nSPS) is 19.3. The van der Waals surface area contributed by atoms with Crippen LogP contribution in [-0.4, -0.2) is 41.2 Å². The van der Waals surface area contributed by atoms with Gasteiger partial charge in [0, 0.05) is 39.0 Å². The number of piperidine rings is 1. The molecule has 0 unspecified atom stereocenters. The van der Waals surface area contributed by atoms with E-state index in [-0.39, 0.29) is 17.7 Å². The van der Waals surface area contributed by atoms with Crippen LogP contribution in [0.15, 0.2) is 24.3 Å². The molecule has 0 N–H and O–H groups in total. The van der Waals surface area contributed by atoms with Crippen molar-refractivity contribution in [3.63, 3.8) is 0 Å². The summed E-state index contributed by atoms with van der Waals surface area (Å²) in [7, 11) is 0. The fourth-order valence-corrected chi connectivity index (χ4v) is 3.38. The predicted octanol–water partition coefficient (Wildman–Crippen LogP) is 1.83. The fourth-order valence-electron chi connectivity index (χ4n) is 3.38. The van der Waals surface area contributed by atoms with Gasteiger partial charge < -0.3 is 9.80 Å². The quantitative estimate of drug-likeness (QED) is 0.790. The number of likely N-dealkylation sites (tertiary alicyclic amines) is 1. The molecule has 4 nitrogen and oxygen atoms in total. The monoisotopic (exact) mass is 286 g/mol. The highest BCUT2D eigenvalue weighted by Crippen LogP contribution is 2.24. The SMILES string of the molecule is CC(=O)N1CCC(C(=O)N2CCc3ccccc3C2)CC1. The van der Waals surface area contributed by atoms with Gasteiger partial charge in [-0.15, -0.1) is 0 Å². The van der Waals surface area contributed by atoms with Gasteiger partial charge in [0.25, 0.3) is 0 Å². The minimum atomic E-state index is 0.0888. The molecular weight excluding hydrogens is 264 g/mol. The molecule has 0 bridgehead atoms. The maximum Gasteiger partial charge on any atom is 0.226 e. The van der Waals surface area contributed by atoms with Crippen LogP contribution in [0.25, 0.3) is 0 Å². The average molecular weight is 286 g/mol. The molecule has 2 aliphatic rings. The molecule has 4 heteroatoms. The number of benzene rings is 1. The van der Waals surface area contributed by atoms with Crippen LogP contribution >= 0.6 is 0 Å². The van der Waals surface area contributed by atoms with Crippen molar-refractivity contribution < 1.29 is 9.59 Å². The number of carbonyl (C=O) groups excluding carboxylic acids is 2. The number of carbonyl (C=O) groups is 2. The molecule has 0 saturated carbocycles. The molecule has 0 aliphatic carbocycles. The van der Waals surface area contributed by atoms with Gasteiger partial charge >= 0.3 is 0 Å². The van der Waals surface area contributed by atoms with Crippen LogP contribution < -0.4 is 0 Å². The molecular formula is C17H22N2O2. The lowest BCUT2D eigenvalue weighted by molar-refractivity contribution is -0.140. The Morgan fingerprint density at radius 1 is 1.00 bits per heavy atom. The van der Waals surface area contributed by atoms with Gasteiger partial charge in [-0.1, -0.05) is 24.3 Å².